The maximum Gasteiger partial charge on any atom is 0.303 e. The molecule has 0 radical (unpaired) electrons. The number of carbonyl (C=O) groups is 2. The first-order valence-electron chi connectivity index (χ1n) is 12.0. The van der Waals surface area contributed by atoms with Gasteiger partial charge in [0.25, 0.3) is 0 Å². The van der Waals surface area contributed by atoms with Gasteiger partial charge in [0.15, 0.2) is 0 Å². The van der Waals surface area contributed by atoms with E-state index in [1.807, 2.05) is 25.3 Å². The summed E-state index contributed by atoms with van der Waals surface area (Å²) in [5.41, 5.74) is 2.06. The Morgan fingerprint density at radius 3 is 2.69 bits per heavy atom. The van der Waals surface area contributed by atoms with Gasteiger partial charge < -0.3 is 10.4 Å². The molecule has 3 aliphatic rings. The van der Waals surface area contributed by atoms with Gasteiger partial charge in [0.1, 0.15) is 0 Å². The summed E-state index contributed by atoms with van der Waals surface area (Å²) >= 11 is 1.65. The summed E-state index contributed by atoms with van der Waals surface area (Å²) in [5, 5.41) is 15.2. The van der Waals surface area contributed by atoms with E-state index in [4.69, 9.17) is 0 Å². The summed E-state index contributed by atoms with van der Waals surface area (Å²) in [4.78, 5) is 26.9. The molecule has 5 heteroatoms. The van der Waals surface area contributed by atoms with Gasteiger partial charge in [0.2, 0.25) is 5.91 Å². The number of rotatable bonds is 5. The first kappa shape index (κ1) is 21.7. The average molecular weight is 452 g/mol. The lowest BCUT2D eigenvalue weighted by atomic mass is 9.52. The van der Waals surface area contributed by atoms with E-state index in [-0.39, 0.29) is 18.2 Å². The smallest absolute Gasteiger partial charge is 0.303 e. The maximum atomic E-state index is 13.7. The molecule has 2 aromatic rings. The second-order valence-corrected chi connectivity index (χ2v) is 11.6. The van der Waals surface area contributed by atoms with Gasteiger partial charge in [0.05, 0.1) is 12.0 Å². The number of carboxylic acids is 1. The Balaban J connectivity index is 1.44. The molecule has 1 amide bonds. The van der Waals surface area contributed by atoms with Crippen molar-refractivity contribution in [2.24, 2.45) is 23.2 Å². The zero-order valence-corrected chi connectivity index (χ0v) is 19.8. The predicted molar refractivity (Wildman–Crippen MR) is 127 cm³/mol. The number of aliphatic carboxylic acids is 1. The summed E-state index contributed by atoms with van der Waals surface area (Å²) in [7, 11) is 0. The van der Waals surface area contributed by atoms with Crippen LogP contribution in [0.3, 0.4) is 0 Å². The number of fused-ring (bicyclic) bond motifs is 5. The highest BCUT2D eigenvalue weighted by Gasteiger charge is 2.60. The third-order valence-corrected chi connectivity index (χ3v) is 9.92. The van der Waals surface area contributed by atoms with Crippen molar-refractivity contribution >= 4 is 23.2 Å². The van der Waals surface area contributed by atoms with Gasteiger partial charge in [-0.3, -0.25) is 9.59 Å². The SMILES string of the molecule is CC(C)(NC(=O)C1CC[C@H]2[C@@H]3CCc4ccccc4[C@H]3CC[C@]12CC(=O)O)c1cccs1. The average Bonchev–Trinajstić information content (AvgIpc) is 3.41. The van der Waals surface area contributed by atoms with Crippen molar-refractivity contribution in [1.82, 2.24) is 5.32 Å². The van der Waals surface area contributed by atoms with Gasteiger partial charge in [-0.2, -0.15) is 0 Å². The molecule has 5 atom stereocenters. The normalized spacial score (nSPS) is 31.3. The minimum atomic E-state index is -0.762. The summed E-state index contributed by atoms with van der Waals surface area (Å²) in [6.07, 6.45) is 5.88. The Labute approximate surface area is 194 Å². The van der Waals surface area contributed by atoms with Crippen molar-refractivity contribution < 1.29 is 14.7 Å². The molecule has 0 saturated heterocycles. The third-order valence-electron chi connectivity index (χ3n) is 8.72. The zero-order chi connectivity index (χ0) is 22.5. The minimum Gasteiger partial charge on any atom is -0.481 e. The number of amides is 1. The number of nitrogens with one attached hydrogen (secondary N) is 1. The Morgan fingerprint density at radius 1 is 1.12 bits per heavy atom. The molecule has 1 heterocycles. The molecular formula is C27H33NO3S. The predicted octanol–water partition coefficient (Wildman–Crippen LogP) is 5.73. The Morgan fingerprint density at radius 2 is 1.94 bits per heavy atom. The van der Waals surface area contributed by atoms with Crippen molar-refractivity contribution in [1.29, 1.82) is 0 Å². The molecule has 5 rings (SSSR count). The fourth-order valence-corrected chi connectivity index (χ4v) is 8.25. The van der Waals surface area contributed by atoms with Crippen molar-refractivity contribution in [3.63, 3.8) is 0 Å². The van der Waals surface area contributed by atoms with Crippen molar-refractivity contribution in [2.75, 3.05) is 0 Å². The standard InChI is InChI=1S/C27H33NO3S/c1-26(2,23-8-5-15-32-23)28-25(31)22-12-11-21-20-10-9-17-6-3-4-7-18(17)19(20)13-14-27(21,22)16-24(29)30/h3-8,15,19-22H,9-14,16H2,1-2H3,(H,28,31)(H,29,30)/t19-,20-,21+,22?,27-/m1/s1. The van der Waals surface area contributed by atoms with Gasteiger partial charge in [-0.15, -0.1) is 11.3 Å². The minimum absolute atomic E-state index is 0.0433. The lowest BCUT2D eigenvalue weighted by Crippen LogP contribution is -2.51. The Bertz CT molecular complexity index is 1010. The van der Waals surface area contributed by atoms with Gasteiger partial charge >= 0.3 is 5.97 Å². The lowest BCUT2D eigenvalue weighted by molar-refractivity contribution is -0.146. The van der Waals surface area contributed by atoms with E-state index >= 15 is 0 Å². The number of thiophene rings is 1. The molecule has 1 aromatic carbocycles. The third kappa shape index (κ3) is 3.49. The highest BCUT2D eigenvalue weighted by atomic mass is 32.1. The van der Waals surface area contributed by atoms with Crippen LogP contribution in [0.25, 0.3) is 0 Å². The van der Waals surface area contributed by atoms with Crippen LogP contribution in [0, 0.1) is 23.2 Å². The van der Waals surface area contributed by atoms with Gasteiger partial charge in [-0.05, 0) is 98.1 Å². The second-order valence-electron chi connectivity index (χ2n) is 10.7. The highest BCUT2D eigenvalue weighted by Crippen LogP contribution is 2.64. The number of carbonyl (C=O) groups excluding carboxylic acids is 1. The van der Waals surface area contributed by atoms with E-state index in [1.165, 1.54) is 11.1 Å². The van der Waals surface area contributed by atoms with Crippen LogP contribution in [-0.4, -0.2) is 17.0 Å². The number of hydrogen-bond donors (Lipinski definition) is 2. The fourth-order valence-electron chi connectivity index (χ4n) is 7.44. The van der Waals surface area contributed by atoms with E-state index in [1.54, 1.807) is 11.3 Å². The van der Waals surface area contributed by atoms with Crippen LogP contribution in [0.4, 0.5) is 0 Å². The molecule has 2 N–H and O–H groups in total. The van der Waals surface area contributed by atoms with Gasteiger partial charge in [-0.1, -0.05) is 30.3 Å². The first-order chi connectivity index (χ1) is 15.3. The topological polar surface area (TPSA) is 66.4 Å². The van der Waals surface area contributed by atoms with E-state index in [0.717, 1.165) is 43.4 Å². The van der Waals surface area contributed by atoms with Crippen LogP contribution < -0.4 is 5.32 Å². The summed E-state index contributed by atoms with van der Waals surface area (Å²) in [5.74, 6) is 0.369. The van der Waals surface area contributed by atoms with Crippen LogP contribution in [0.1, 0.15) is 74.3 Å². The molecule has 3 aliphatic carbocycles. The van der Waals surface area contributed by atoms with Crippen LogP contribution in [0.2, 0.25) is 0 Å². The molecular weight excluding hydrogens is 418 g/mol. The van der Waals surface area contributed by atoms with Crippen molar-refractivity contribution in [3.8, 4) is 0 Å². The van der Waals surface area contributed by atoms with Crippen molar-refractivity contribution in [3.05, 3.63) is 57.8 Å². The van der Waals surface area contributed by atoms with Crippen molar-refractivity contribution in [2.45, 2.75) is 70.3 Å². The molecule has 0 bridgehead atoms. The molecule has 1 aromatic heterocycles. The monoisotopic (exact) mass is 451 g/mol. The molecule has 0 spiro atoms. The van der Waals surface area contributed by atoms with Crippen LogP contribution in [0.15, 0.2) is 41.8 Å². The van der Waals surface area contributed by atoms with Gasteiger partial charge in [-0.25, -0.2) is 0 Å². The van der Waals surface area contributed by atoms with E-state index in [2.05, 4.69) is 35.6 Å². The Hall–Kier alpha value is -2.14. The summed E-state index contributed by atoms with van der Waals surface area (Å²) in [6, 6.07) is 12.9. The molecule has 0 aliphatic heterocycles. The zero-order valence-electron chi connectivity index (χ0n) is 19.0. The molecule has 2 saturated carbocycles. The number of benzene rings is 1. The van der Waals surface area contributed by atoms with Crippen LogP contribution >= 0.6 is 11.3 Å². The number of carboxylic acid groups (broad SMARTS) is 1. The van der Waals surface area contributed by atoms with E-state index < -0.39 is 16.9 Å². The number of hydrogen-bond acceptors (Lipinski definition) is 3. The first-order valence-corrected chi connectivity index (χ1v) is 12.9. The maximum absolute atomic E-state index is 13.7. The fraction of sp³-hybridized carbons (Fsp3) is 0.556. The van der Waals surface area contributed by atoms with Crippen LogP contribution in [0.5, 0.6) is 0 Å². The second kappa shape index (κ2) is 8.02. The lowest BCUT2D eigenvalue weighted by Gasteiger charge is -2.52. The highest BCUT2D eigenvalue weighted by molar-refractivity contribution is 7.10. The van der Waals surface area contributed by atoms with Gasteiger partial charge in [0, 0.05) is 10.8 Å². The van der Waals surface area contributed by atoms with Crippen LogP contribution in [-0.2, 0) is 21.5 Å². The Kier molecular flexibility index (Phi) is 5.43. The molecule has 2 fully saturated rings. The molecule has 4 nitrogen and oxygen atoms in total. The number of aryl methyl sites for hydroxylation is 1. The quantitative estimate of drug-likeness (QED) is 0.610. The molecule has 1 unspecified atom stereocenters. The van der Waals surface area contributed by atoms with E-state index in [9.17, 15) is 14.7 Å². The largest absolute Gasteiger partial charge is 0.481 e. The molecule has 32 heavy (non-hydrogen) atoms. The molecule has 170 valence electrons. The summed E-state index contributed by atoms with van der Waals surface area (Å²) < 4.78 is 0. The van der Waals surface area contributed by atoms with E-state index in [0.29, 0.717) is 17.8 Å². The summed E-state index contributed by atoms with van der Waals surface area (Å²) in [6.45, 7) is 4.09.